The molecular weight excluding hydrogens is 700 g/mol. The Bertz CT molecular complexity index is 1990. The van der Waals surface area contributed by atoms with Crippen molar-refractivity contribution in [3.63, 3.8) is 0 Å². The van der Waals surface area contributed by atoms with Crippen LogP contribution in [0.5, 0.6) is 0 Å². The number of halogens is 1. The topological polar surface area (TPSA) is 140 Å². The molecule has 52 heavy (non-hydrogen) atoms. The van der Waals surface area contributed by atoms with E-state index >= 15 is 0 Å². The first kappa shape index (κ1) is 35.9. The van der Waals surface area contributed by atoms with Gasteiger partial charge in [-0.1, -0.05) is 43.4 Å². The number of carbonyl (C=O) groups excluding carboxylic acids is 1. The Kier molecular flexibility index (Phi) is 10.8. The molecule has 2 aliphatic rings. The number of anilines is 1. The summed E-state index contributed by atoms with van der Waals surface area (Å²) in [6, 6.07) is 16.4. The van der Waals surface area contributed by atoms with Gasteiger partial charge in [0.1, 0.15) is 18.9 Å². The molecule has 1 aliphatic heterocycles. The van der Waals surface area contributed by atoms with E-state index in [1.54, 1.807) is 11.0 Å². The highest BCUT2D eigenvalue weighted by Crippen LogP contribution is 2.47. The van der Waals surface area contributed by atoms with Gasteiger partial charge in [-0.2, -0.15) is 4.68 Å². The van der Waals surface area contributed by atoms with E-state index in [0.29, 0.717) is 37.1 Å². The van der Waals surface area contributed by atoms with Crippen LogP contribution in [0.2, 0.25) is 30.7 Å². The van der Waals surface area contributed by atoms with E-state index < -0.39 is 14.2 Å². The summed E-state index contributed by atoms with van der Waals surface area (Å²) in [5.41, 5.74) is 6.83. The number of aromatic nitrogens is 7. The van der Waals surface area contributed by atoms with Crippen LogP contribution in [0.25, 0.3) is 28.1 Å². The van der Waals surface area contributed by atoms with Crippen molar-refractivity contribution in [2.24, 2.45) is 0 Å². The monoisotopic (exact) mass is 742 g/mol. The summed E-state index contributed by atoms with van der Waals surface area (Å²) in [6.45, 7) is 8.70. The van der Waals surface area contributed by atoms with Crippen LogP contribution in [-0.4, -0.2) is 75.5 Å². The molecule has 1 N–H and O–H groups in total. The summed E-state index contributed by atoms with van der Waals surface area (Å²) in [7, 11) is 0.0293. The zero-order chi connectivity index (χ0) is 36.2. The lowest BCUT2D eigenvalue weighted by atomic mass is 10.0. The minimum atomic E-state index is -1.31. The predicted octanol–water partition coefficient (Wildman–Crippen LogP) is 7.85. The summed E-state index contributed by atoms with van der Waals surface area (Å²) < 4.78 is 27.7. The summed E-state index contributed by atoms with van der Waals surface area (Å²) in [5.74, 6) is 0.666. The van der Waals surface area contributed by atoms with E-state index in [9.17, 15) is 4.79 Å². The van der Waals surface area contributed by atoms with Crippen LogP contribution in [0.15, 0.2) is 67.3 Å². The van der Waals surface area contributed by atoms with Crippen LogP contribution in [0.3, 0.4) is 0 Å². The maximum atomic E-state index is 11.8. The number of tetrazole rings is 1. The maximum absolute atomic E-state index is 11.8. The second-order valence-electron chi connectivity index (χ2n) is 14.3. The smallest absolute Gasteiger partial charge is 0.411 e. The van der Waals surface area contributed by atoms with Crippen molar-refractivity contribution in [1.82, 2.24) is 34.7 Å². The molecule has 0 saturated carbocycles. The fourth-order valence-corrected chi connectivity index (χ4v) is 7.60. The molecule has 3 atom stereocenters. The van der Waals surface area contributed by atoms with E-state index in [4.69, 9.17) is 40.5 Å². The molecule has 0 spiro atoms. The van der Waals surface area contributed by atoms with Gasteiger partial charge in [-0.05, 0) is 84.1 Å². The fourth-order valence-electron chi connectivity index (χ4n) is 6.67. The number of nitrogens with one attached hydrogen (secondary N) is 1. The van der Waals surface area contributed by atoms with E-state index in [0.717, 1.165) is 70.5 Å². The number of benzene rings is 2. The van der Waals surface area contributed by atoms with Gasteiger partial charge in [-0.15, -0.1) is 5.10 Å². The van der Waals surface area contributed by atoms with E-state index in [1.807, 2.05) is 54.9 Å². The molecule has 4 heterocycles. The molecule has 7 rings (SSSR count). The molecule has 13 nitrogen and oxygen atoms in total. The minimum absolute atomic E-state index is 0.175. The normalized spacial score (nSPS) is 18.7. The van der Waals surface area contributed by atoms with E-state index in [-0.39, 0.29) is 18.3 Å². The number of hydrogen-bond donors (Lipinski definition) is 1. The van der Waals surface area contributed by atoms with Crippen LogP contribution in [0, 0.1) is 0 Å². The van der Waals surface area contributed by atoms with Crippen molar-refractivity contribution in [3.8, 4) is 28.1 Å². The van der Waals surface area contributed by atoms with E-state index in [2.05, 4.69) is 51.1 Å². The zero-order valence-electron chi connectivity index (χ0n) is 29.8. The highest BCUT2D eigenvalue weighted by molar-refractivity contribution is 6.76. The molecule has 1 fully saturated rings. The highest BCUT2D eigenvalue weighted by Gasteiger charge is 2.39. The summed E-state index contributed by atoms with van der Waals surface area (Å²) >= 11 is 6.52. The van der Waals surface area contributed by atoms with Crippen LogP contribution in [0.4, 0.5) is 10.5 Å². The number of pyridine rings is 1. The molecule has 2 aromatic carbocycles. The number of carbonyl (C=O) groups is 1. The van der Waals surface area contributed by atoms with Gasteiger partial charge in [0.2, 0.25) is 0 Å². The lowest BCUT2D eigenvalue weighted by molar-refractivity contribution is -0.189. The van der Waals surface area contributed by atoms with Crippen LogP contribution >= 0.6 is 11.6 Å². The molecule has 1 saturated heterocycles. The fraction of sp³-hybridized carbons (Fsp3) is 0.405. The molecule has 3 unspecified atom stereocenters. The van der Waals surface area contributed by atoms with Gasteiger partial charge in [-0.25, -0.2) is 9.78 Å². The number of ether oxygens (including phenoxy) is 4. The third-order valence-corrected chi connectivity index (χ3v) is 11.4. The highest BCUT2D eigenvalue weighted by atomic mass is 35.5. The SMILES string of the molecule is COC(=O)Nc1ccc(-c2cnc(C3CC(OC4CCCCO4)c4cc(-c5cc(Cl)ccc5-n5cnnn5)cnc43)n2COCC[Si](C)(C)C)cc1. The van der Waals surface area contributed by atoms with Crippen molar-refractivity contribution in [3.05, 3.63) is 89.4 Å². The van der Waals surface area contributed by atoms with Gasteiger partial charge in [0, 0.05) is 54.9 Å². The second kappa shape index (κ2) is 15.6. The average Bonchev–Trinajstić information content (AvgIpc) is 3.90. The summed E-state index contributed by atoms with van der Waals surface area (Å²) in [5, 5.41) is 15.1. The molecule has 1 aliphatic carbocycles. The Labute approximate surface area is 308 Å². The summed E-state index contributed by atoms with van der Waals surface area (Å²) in [6.07, 6.45) is 7.77. The quantitative estimate of drug-likeness (QED) is 0.0993. The molecular formula is C37H43ClN8O5Si. The van der Waals surface area contributed by atoms with Crippen LogP contribution in [-0.2, 0) is 25.7 Å². The lowest BCUT2D eigenvalue weighted by Crippen LogP contribution is -2.24. The average molecular weight is 743 g/mol. The zero-order valence-corrected chi connectivity index (χ0v) is 31.5. The van der Waals surface area contributed by atoms with Crippen LogP contribution < -0.4 is 5.32 Å². The van der Waals surface area contributed by atoms with Crippen molar-refractivity contribution in [1.29, 1.82) is 0 Å². The standard InChI is InChI=1S/C37H43ClN8O5Si/c1-48-37(47)42-27-11-8-24(9-12-27)32-21-40-36(45(32)23-49-15-16-52(2,3)4)30-19-33(51-34-7-5-6-14-50-34)29-17-25(20-39-35(29)30)28-18-26(38)10-13-31(28)46-22-41-43-44-46/h8-13,17-18,20-22,30,33-34H,5-7,14-16,19,23H2,1-4H3,(H,42,47). The first-order valence-corrected chi connectivity index (χ1v) is 21.6. The molecule has 272 valence electrons. The third-order valence-electron chi connectivity index (χ3n) is 9.42. The Hall–Kier alpha value is -4.47. The van der Waals surface area contributed by atoms with Crippen molar-refractivity contribution < 1.29 is 23.7 Å². The molecule has 5 aromatic rings. The van der Waals surface area contributed by atoms with Crippen molar-refractivity contribution >= 4 is 31.5 Å². The predicted molar refractivity (Wildman–Crippen MR) is 199 cm³/mol. The molecule has 1 amide bonds. The van der Waals surface area contributed by atoms with Gasteiger partial charge in [-0.3, -0.25) is 10.3 Å². The Morgan fingerprint density at radius 1 is 1.06 bits per heavy atom. The number of imidazole rings is 1. The molecule has 0 radical (unpaired) electrons. The van der Waals surface area contributed by atoms with Gasteiger partial charge in [0.05, 0.1) is 42.4 Å². The lowest BCUT2D eigenvalue weighted by Gasteiger charge is -2.26. The van der Waals surface area contributed by atoms with Gasteiger partial charge in [0.15, 0.2) is 6.29 Å². The van der Waals surface area contributed by atoms with Gasteiger partial charge < -0.3 is 23.5 Å². The Morgan fingerprint density at radius 2 is 1.90 bits per heavy atom. The van der Waals surface area contributed by atoms with Crippen LogP contribution in [0.1, 0.15) is 54.8 Å². The molecule has 0 bridgehead atoms. The Morgan fingerprint density at radius 3 is 2.63 bits per heavy atom. The largest absolute Gasteiger partial charge is 0.453 e. The number of methoxy groups -OCH3 is 1. The number of nitrogens with zero attached hydrogens (tertiary/aromatic N) is 7. The second-order valence-corrected chi connectivity index (χ2v) is 20.4. The summed E-state index contributed by atoms with van der Waals surface area (Å²) in [4.78, 5) is 22.0. The maximum Gasteiger partial charge on any atom is 0.411 e. The van der Waals surface area contributed by atoms with Gasteiger partial charge >= 0.3 is 6.09 Å². The Balaban J connectivity index is 1.27. The minimum Gasteiger partial charge on any atom is -0.453 e. The van der Waals surface area contributed by atoms with Gasteiger partial charge in [0.25, 0.3) is 0 Å². The molecule has 15 heteroatoms. The van der Waals surface area contributed by atoms with E-state index in [1.165, 1.54) is 7.11 Å². The number of amides is 1. The first-order chi connectivity index (χ1) is 25.2. The first-order valence-electron chi connectivity index (χ1n) is 17.6. The number of hydrogen-bond acceptors (Lipinski definition) is 10. The molecule has 3 aromatic heterocycles. The number of rotatable bonds is 12. The van der Waals surface area contributed by atoms with Crippen molar-refractivity contribution in [2.75, 3.05) is 25.6 Å². The third kappa shape index (κ3) is 8.11. The van der Waals surface area contributed by atoms with Crippen molar-refractivity contribution in [2.45, 2.75) is 76.4 Å². The number of fused-ring (bicyclic) bond motifs is 1.